The van der Waals surface area contributed by atoms with Crippen LogP contribution >= 0.6 is 0 Å². The number of amides is 1. The third kappa shape index (κ3) is 1.92. The number of carbonyl (C=O) groups excluding carboxylic acids is 1. The second-order valence-corrected chi connectivity index (χ2v) is 7.85. The molecule has 0 radical (unpaired) electrons. The molecule has 3 aliphatic rings. The molecule has 0 bridgehead atoms. The summed E-state index contributed by atoms with van der Waals surface area (Å²) in [5.41, 5.74) is 1.40. The van der Waals surface area contributed by atoms with E-state index in [1.54, 1.807) is 17.8 Å². The standard InChI is InChI=1S/C18H17FN8O/c1-10-3-13-21-9-22-27(13)5-11(10)23-16-20-4-12-15(24-16)26(6-14(28)25(12)2)18-7-17(18,19)8-18/h3-5,9H,6-8H2,1-2H3,(H,20,23,24). The number of aromatic nitrogens is 5. The van der Waals surface area contributed by atoms with Crippen molar-refractivity contribution in [3.63, 3.8) is 0 Å². The molecule has 0 saturated heterocycles. The third-order valence-electron chi connectivity index (χ3n) is 6.15. The molecular formula is C18H17FN8O. The van der Waals surface area contributed by atoms with Gasteiger partial charge in [0, 0.05) is 19.9 Å². The number of carbonyl (C=O) groups is 1. The molecule has 3 aromatic heterocycles. The Morgan fingerprint density at radius 2 is 2.07 bits per heavy atom. The van der Waals surface area contributed by atoms with E-state index in [0.29, 0.717) is 30.3 Å². The van der Waals surface area contributed by atoms with Crippen LogP contribution in [-0.2, 0) is 4.79 Å². The van der Waals surface area contributed by atoms with Crippen LogP contribution in [0.4, 0.5) is 27.5 Å². The fourth-order valence-corrected chi connectivity index (χ4v) is 4.09. The Bertz CT molecular complexity index is 1170. The quantitative estimate of drug-likeness (QED) is 0.738. The Morgan fingerprint density at radius 1 is 1.29 bits per heavy atom. The van der Waals surface area contributed by atoms with Gasteiger partial charge in [0.15, 0.2) is 11.5 Å². The number of hydrogen-bond acceptors (Lipinski definition) is 7. The second-order valence-electron chi connectivity index (χ2n) is 7.85. The summed E-state index contributed by atoms with van der Waals surface area (Å²) in [6.07, 6.45) is 5.85. The molecule has 4 heterocycles. The Kier molecular flexibility index (Phi) is 2.67. The van der Waals surface area contributed by atoms with Crippen LogP contribution in [0.1, 0.15) is 18.4 Å². The predicted octanol–water partition coefficient (Wildman–Crippen LogP) is 1.61. The Labute approximate surface area is 159 Å². The highest BCUT2D eigenvalue weighted by Gasteiger charge is 2.89. The molecule has 10 heteroatoms. The highest BCUT2D eigenvalue weighted by molar-refractivity contribution is 6.03. The van der Waals surface area contributed by atoms with Crippen molar-refractivity contribution in [1.29, 1.82) is 0 Å². The van der Waals surface area contributed by atoms with E-state index in [0.717, 1.165) is 16.9 Å². The van der Waals surface area contributed by atoms with Crippen molar-refractivity contribution in [3.05, 3.63) is 30.4 Å². The Balaban J connectivity index is 1.40. The Hall–Kier alpha value is -3.30. The highest BCUT2D eigenvalue weighted by atomic mass is 19.1. The summed E-state index contributed by atoms with van der Waals surface area (Å²) in [4.78, 5) is 28.9. The normalized spacial score (nSPS) is 27.6. The van der Waals surface area contributed by atoms with Gasteiger partial charge in [-0.3, -0.25) is 4.79 Å². The number of likely N-dealkylation sites (N-methyl/N-ethyl adjacent to an activating group) is 1. The summed E-state index contributed by atoms with van der Waals surface area (Å²) in [5.74, 6) is 0.896. The molecule has 2 aliphatic carbocycles. The minimum atomic E-state index is -1.16. The van der Waals surface area contributed by atoms with Gasteiger partial charge in [-0.15, -0.1) is 0 Å². The molecule has 2 fully saturated rings. The average molecular weight is 380 g/mol. The molecule has 0 aromatic carbocycles. The monoisotopic (exact) mass is 380 g/mol. The van der Waals surface area contributed by atoms with Crippen LogP contribution in [0.5, 0.6) is 0 Å². The fraction of sp³-hybridized carbons (Fsp3) is 0.389. The zero-order valence-electron chi connectivity index (χ0n) is 15.3. The van der Waals surface area contributed by atoms with Gasteiger partial charge in [0.2, 0.25) is 11.9 Å². The molecule has 6 rings (SSSR count). The zero-order chi connectivity index (χ0) is 19.3. The predicted molar refractivity (Wildman–Crippen MR) is 99.6 cm³/mol. The number of anilines is 4. The van der Waals surface area contributed by atoms with E-state index in [1.165, 1.54) is 11.2 Å². The van der Waals surface area contributed by atoms with Crippen molar-refractivity contribution in [2.24, 2.45) is 0 Å². The second kappa shape index (κ2) is 4.75. The van der Waals surface area contributed by atoms with Crippen LogP contribution in [-0.4, -0.2) is 55.3 Å². The van der Waals surface area contributed by atoms with Crippen molar-refractivity contribution < 1.29 is 9.18 Å². The van der Waals surface area contributed by atoms with Crippen LogP contribution in [0.2, 0.25) is 0 Å². The summed E-state index contributed by atoms with van der Waals surface area (Å²) in [6.45, 7) is 2.09. The molecule has 28 heavy (non-hydrogen) atoms. The van der Waals surface area contributed by atoms with Crippen molar-refractivity contribution in [2.45, 2.75) is 31.0 Å². The van der Waals surface area contributed by atoms with E-state index in [4.69, 9.17) is 0 Å². The van der Waals surface area contributed by atoms with E-state index in [-0.39, 0.29) is 12.5 Å². The first-order valence-corrected chi connectivity index (χ1v) is 9.07. The number of nitrogens with one attached hydrogen (secondary N) is 1. The highest BCUT2D eigenvalue weighted by Crippen LogP contribution is 2.77. The summed E-state index contributed by atoms with van der Waals surface area (Å²) < 4.78 is 16.1. The first kappa shape index (κ1) is 15.7. The van der Waals surface area contributed by atoms with E-state index in [9.17, 15) is 9.18 Å². The molecule has 1 aliphatic heterocycles. The van der Waals surface area contributed by atoms with Crippen molar-refractivity contribution in [2.75, 3.05) is 28.7 Å². The smallest absolute Gasteiger partial charge is 0.246 e. The average Bonchev–Trinajstić information content (AvgIpc) is 3.33. The lowest BCUT2D eigenvalue weighted by molar-refractivity contribution is -0.117. The number of hydrogen-bond donors (Lipinski definition) is 1. The maximum Gasteiger partial charge on any atom is 0.246 e. The lowest BCUT2D eigenvalue weighted by atomic mass is 10.2. The molecule has 2 saturated carbocycles. The lowest BCUT2D eigenvalue weighted by Crippen LogP contribution is -2.47. The van der Waals surface area contributed by atoms with E-state index in [2.05, 4.69) is 25.4 Å². The van der Waals surface area contributed by atoms with Crippen LogP contribution in [0, 0.1) is 6.92 Å². The van der Waals surface area contributed by atoms with E-state index in [1.807, 2.05) is 24.1 Å². The summed E-state index contributed by atoms with van der Waals surface area (Å²) in [7, 11) is 1.69. The van der Waals surface area contributed by atoms with Crippen LogP contribution in [0.15, 0.2) is 24.8 Å². The van der Waals surface area contributed by atoms with Crippen molar-refractivity contribution in [3.8, 4) is 0 Å². The summed E-state index contributed by atoms with van der Waals surface area (Å²) in [5, 5.41) is 7.36. The molecule has 0 atom stereocenters. The van der Waals surface area contributed by atoms with Gasteiger partial charge in [0.1, 0.15) is 17.7 Å². The molecule has 3 aromatic rings. The molecule has 9 nitrogen and oxygen atoms in total. The Morgan fingerprint density at radius 3 is 2.82 bits per heavy atom. The molecule has 0 unspecified atom stereocenters. The van der Waals surface area contributed by atoms with Crippen molar-refractivity contribution >= 4 is 34.7 Å². The van der Waals surface area contributed by atoms with E-state index >= 15 is 0 Å². The minimum Gasteiger partial charge on any atom is -0.336 e. The van der Waals surface area contributed by atoms with Crippen molar-refractivity contribution in [1.82, 2.24) is 24.6 Å². The fourth-order valence-electron chi connectivity index (χ4n) is 4.09. The minimum absolute atomic E-state index is 0.0835. The third-order valence-corrected chi connectivity index (χ3v) is 6.15. The number of aryl methyl sites for hydroxylation is 1. The van der Waals surface area contributed by atoms with Gasteiger partial charge in [-0.25, -0.2) is 18.9 Å². The van der Waals surface area contributed by atoms with Gasteiger partial charge in [-0.05, 0) is 18.6 Å². The van der Waals surface area contributed by atoms with Gasteiger partial charge in [-0.2, -0.15) is 10.1 Å². The maximum absolute atomic E-state index is 14.4. The number of nitrogens with zero attached hydrogens (tertiary/aromatic N) is 7. The van der Waals surface area contributed by atoms with Crippen LogP contribution < -0.4 is 15.1 Å². The van der Waals surface area contributed by atoms with Gasteiger partial charge in [-0.1, -0.05) is 0 Å². The zero-order valence-corrected chi connectivity index (χ0v) is 15.3. The number of halogens is 1. The maximum atomic E-state index is 14.4. The van der Waals surface area contributed by atoms with Gasteiger partial charge >= 0.3 is 0 Å². The van der Waals surface area contributed by atoms with Crippen LogP contribution in [0.25, 0.3) is 5.65 Å². The molecule has 1 N–H and O–H groups in total. The molecule has 142 valence electrons. The summed E-state index contributed by atoms with van der Waals surface area (Å²) in [6, 6.07) is 1.91. The largest absolute Gasteiger partial charge is 0.336 e. The molecular weight excluding hydrogens is 363 g/mol. The van der Waals surface area contributed by atoms with Crippen LogP contribution in [0.3, 0.4) is 0 Å². The number of alkyl halides is 1. The lowest BCUT2D eigenvalue weighted by Gasteiger charge is -2.35. The number of pyridine rings is 1. The van der Waals surface area contributed by atoms with Gasteiger partial charge in [0.05, 0.1) is 30.2 Å². The van der Waals surface area contributed by atoms with E-state index < -0.39 is 11.2 Å². The molecule has 1 amide bonds. The number of fused-ring (bicyclic) bond motifs is 3. The summed E-state index contributed by atoms with van der Waals surface area (Å²) >= 11 is 0. The van der Waals surface area contributed by atoms with Gasteiger partial charge < -0.3 is 15.1 Å². The van der Waals surface area contributed by atoms with Gasteiger partial charge in [0.25, 0.3) is 0 Å². The first-order chi connectivity index (χ1) is 13.4. The topological polar surface area (TPSA) is 91.5 Å². The molecule has 0 spiro atoms. The first-order valence-electron chi connectivity index (χ1n) is 9.07. The number of rotatable bonds is 3. The SMILES string of the molecule is Cc1cc2ncnn2cc1Nc1ncc2c(n1)N(C13CC1(F)C3)CC(=O)N2C.